The van der Waals surface area contributed by atoms with Crippen molar-refractivity contribution in [2.45, 2.75) is 17.1 Å². The van der Waals surface area contributed by atoms with E-state index in [1.54, 1.807) is 49.6 Å². The molecule has 0 saturated carbocycles. The van der Waals surface area contributed by atoms with Crippen LogP contribution in [0.1, 0.15) is 16.8 Å². The lowest BCUT2D eigenvalue weighted by molar-refractivity contribution is 0.0949. The number of carbonyl (C=O) groups excluding carboxylic acids is 1. The molecule has 0 radical (unpaired) electrons. The number of hydrogen-bond donors (Lipinski definition) is 2. The Bertz CT molecular complexity index is 681. The van der Waals surface area contributed by atoms with Crippen LogP contribution in [0.5, 0.6) is 0 Å². The van der Waals surface area contributed by atoms with E-state index in [1.807, 2.05) is 6.07 Å². The maximum Gasteiger partial charge on any atom is 0.288 e. The molecule has 0 aliphatic carbocycles. The fourth-order valence-corrected chi connectivity index (χ4v) is 2.68. The van der Waals surface area contributed by atoms with Crippen molar-refractivity contribution in [3.63, 3.8) is 0 Å². The summed E-state index contributed by atoms with van der Waals surface area (Å²) < 4.78 is 29.7. The van der Waals surface area contributed by atoms with Gasteiger partial charge < -0.3 is 15.4 Å². The SMILES string of the molecule is COCCCNC(=O)c1ccccc1Nc1ccc(SC(F)F)cc1. The van der Waals surface area contributed by atoms with Crippen molar-refractivity contribution >= 4 is 29.0 Å². The Morgan fingerprint density at radius 2 is 1.88 bits per heavy atom. The standard InChI is InChI=1S/C18H20F2N2O2S/c1-24-12-4-11-21-17(23)15-5-2-3-6-16(15)22-13-7-9-14(10-8-13)25-18(19)20/h2-3,5-10,18,22H,4,11-12H2,1H3,(H,21,23). The normalized spacial score (nSPS) is 10.7. The first-order valence-corrected chi connectivity index (χ1v) is 8.66. The van der Waals surface area contributed by atoms with Gasteiger partial charge in [-0.25, -0.2) is 0 Å². The molecule has 0 atom stereocenters. The minimum Gasteiger partial charge on any atom is -0.385 e. The van der Waals surface area contributed by atoms with Crippen molar-refractivity contribution in [3.05, 3.63) is 54.1 Å². The molecular weight excluding hydrogens is 346 g/mol. The third-order valence-corrected chi connectivity index (χ3v) is 4.06. The van der Waals surface area contributed by atoms with E-state index in [4.69, 9.17) is 4.74 Å². The largest absolute Gasteiger partial charge is 0.385 e. The number of alkyl halides is 2. The molecule has 2 aromatic rings. The smallest absolute Gasteiger partial charge is 0.288 e. The van der Waals surface area contributed by atoms with E-state index < -0.39 is 5.76 Å². The van der Waals surface area contributed by atoms with Gasteiger partial charge in [0.25, 0.3) is 11.7 Å². The molecule has 2 rings (SSSR count). The number of hydrogen-bond acceptors (Lipinski definition) is 4. The zero-order chi connectivity index (χ0) is 18.1. The molecule has 134 valence electrons. The van der Waals surface area contributed by atoms with Crippen LogP contribution in [0.15, 0.2) is 53.4 Å². The van der Waals surface area contributed by atoms with E-state index in [0.29, 0.717) is 41.1 Å². The number of rotatable bonds is 9. The average molecular weight is 366 g/mol. The van der Waals surface area contributed by atoms with Gasteiger partial charge in [0, 0.05) is 30.8 Å². The molecule has 2 N–H and O–H groups in total. The summed E-state index contributed by atoms with van der Waals surface area (Å²) in [5.41, 5.74) is 1.89. The monoisotopic (exact) mass is 366 g/mol. The molecule has 7 heteroatoms. The zero-order valence-electron chi connectivity index (χ0n) is 13.8. The number of benzene rings is 2. The van der Waals surface area contributed by atoms with Crippen molar-refractivity contribution in [2.24, 2.45) is 0 Å². The summed E-state index contributed by atoms with van der Waals surface area (Å²) in [5.74, 6) is -2.62. The average Bonchev–Trinajstić information content (AvgIpc) is 2.60. The molecule has 0 aromatic heterocycles. The molecule has 2 aromatic carbocycles. The molecule has 0 fully saturated rings. The van der Waals surface area contributed by atoms with Gasteiger partial charge in [0.05, 0.1) is 11.3 Å². The highest BCUT2D eigenvalue weighted by Gasteiger charge is 2.11. The van der Waals surface area contributed by atoms with Crippen LogP contribution in [-0.4, -0.2) is 31.9 Å². The van der Waals surface area contributed by atoms with Crippen molar-refractivity contribution < 1.29 is 18.3 Å². The van der Waals surface area contributed by atoms with Gasteiger partial charge in [0.15, 0.2) is 0 Å². The number of ether oxygens (including phenoxy) is 1. The highest BCUT2D eigenvalue weighted by Crippen LogP contribution is 2.27. The molecule has 0 unspecified atom stereocenters. The molecule has 25 heavy (non-hydrogen) atoms. The van der Waals surface area contributed by atoms with Crippen LogP contribution in [0, 0.1) is 0 Å². The minimum atomic E-state index is -2.44. The summed E-state index contributed by atoms with van der Waals surface area (Å²) in [5, 5.41) is 6.00. The van der Waals surface area contributed by atoms with Crippen LogP contribution in [0.3, 0.4) is 0 Å². The van der Waals surface area contributed by atoms with E-state index in [2.05, 4.69) is 10.6 Å². The van der Waals surface area contributed by atoms with E-state index in [9.17, 15) is 13.6 Å². The maximum absolute atomic E-state index is 12.4. The number of nitrogens with one attached hydrogen (secondary N) is 2. The molecule has 0 aliphatic heterocycles. The quantitative estimate of drug-likeness (QED) is 0.506. The highest BCUT2D eigenvalue weighted by molar-refractivity contribution is 7.99. The maximum atomic E-state index is 12.4. The van der Waals surface area contributed by atoms with Crippen LogP contribution in [0.25, 0.3) is 0 Å². The van der Waals surface area contributed by atoms with Crippen LogP contribution < -0.4 is 10.6 Å². The molecule has 0 spiro atoms. The minimum absolute atomic E-state index is 0.177. The summed E-state index contributed by atoms with van der Waals surface area (Å²) in [6, 6.07) is 13.8. The van der Waals surface area contributed by atoms with Gasteiger partial charge in [-0.05, 0) is 42.8 Å². The van der Waals surface area contributed by atoms with Crippen molar-refractivity contribution in [1.82, 2.24) is 5.32 Å². The number of anilines is 2. The Balaban J connectivity index is 2.03. The molecule has 0 bridgehead atoms. The summed E-state index contributed by atoms with van der Waals surface area (Å²) in [6.07, 6.45) is 0.737. The predicted molar refractivity (Wildman–Crippen MR) is 96.9 cm³/mol. The Kier molecular flexibility index (Phi) is 7.69. The second kappa shape index (κ2) is 10.0. The fraction of sp³-hybridized carbons (Fsp3) is 0.278. The molecule has 1 amide bonds. The van der Waals surface area contributed by atoms with Crippen LogP contribution >= 0.6 is 11.8 Å². The summed E-state index contributed by atoms with van der Waals surface area (Å²) in [6.45, 7) is 1.11. The third kappa shape index (κ3) is 6.36. The first kappa shape index (κ1) is 19.2. The zero-order valence-corrected chi connectivity index (χ0v) is 14.6. The predicted octanol–water partition coefficient (Wildman–Crippen LogP) is 4.51. The van der Waals surface area contributed by atoms with Gasteiger partial charge in [0.1, 0.15) is 0 Å². The van der Waals surface area contributed by atoms with Gasteiger partial charge >= 0.3 is 0 Å². The first-order valence-electron chi connectivity index (χ1n) is 7.78. The number of para-hydroxylation sites is 1. The van der Waals surface area contributed by atoms with Gasteiger partial charge in [-0.3, -0.25) is 4.79 Å². The second-order valence-electron chi connectivity index (χ2n) is 5.18. The van der Waals surface area contributed by atoms with E-state index in [-0.39, 0.29) is 5.91 Å². The number of halogens is 2. The highest BCUT2D eigenvalue weighted by atomic mass is 32.2. The van der Waals surface area contributed by atoms with Crippen LogP contribution in [0.4, 0.5) is 20.2 Å². The Morgan fingerprint density at radius 1 is 1.16 bits per heavy atom. The van der Waals surface area contributed by atoms with Gasteiger partial charge in [-0.1, -0.05) is 23.9 Å². The van der Waals surface area contributed by atoms with Gasteiger partial charge in [-0.2, -0.15) is 8.78 Å². The Morgan fingerprint density at radius 3 is 2.56 bits per heavy atom. The van der Waals surface area contributed by atoms with Crippen molar-refractivity contribution in [1.29, 1.82) is 0 Å². The summed E-state index contributed by atoms with van der Waals surface area (Å²) in [7, 11) is 1.62. The second-order valence-corrected chi connectivity index (χ2v) is 6.24. The molecule has 0 saturated heterocycles. The number of carbonyl (C=O) groups is 1. The lowest BCUT2D eigenvalue weighted by atomic mass is 10.1. The topological polar surface area (TPSA) is 50.4 Å². The van der Waals surface area contributed by atoms with Crippen LogP contribution in [-0.2, 0) is 4.74 Å². The number of methoxy groups -OCH3 is 1. The number of thioether (sulfide) groups is 1. The lowest BCUT2D eigenvalue weighted by Crippen LogP contribution is -2.25. The Hall–Kier alpha value is -2.12. The molecule has 4 nitrogen and oxygen atoms in total. The molecule has 0 heterocycles. The van der Waals surface area contributed by atoms with Crippen molar-refractivity contribution in [2.75, 3.05) is 25.6 Å². The fourth-order valence-electron chi connectivity index (χ4n) is 2.18. The summed E-state index contributed by atoms with van der Waals surface area (Å²) >= 11 is 0.499. The summed E-state index contributed by atoms with van der Waals surface area (Å²) in [4.78, 5) is 12.8. The first-order chi connectivity index (χ1) is 12.1. The van der Waals surface area contributed by atoms with Gasteiger partial charge in [0.2, 0.25) is 0 Å². The van der Waals surface area contributed by atoms with E-state index in [1.165, 1.54) is 0 Å². The Labute approximate surface area is 150 Å². The third-order valence-electron chi connectivity index (χ3n) is 3.34. The van der Waals surface area contributed by atoms with E-state index in [0.717, 1.165) is 12.1 Å². The molecule has 0 aliphatic rings. The van der Waals surface area contributed by atoms with Gasteiger partial charge in [-0.15, -0.1) is 0 Å². The van der Waals surface area contributed by atoms with E-state index >= 15 is 0 Å². The number of amides is 1. The van der Waals surface area contributed by atoms with Crippen molar-refractivity contribution in [3.8, 4) is 0 Å². The van der Waals surface area contributed by atoms with Crippen LogP contribution in [0.2, 0.25) is 0 Å². The lowest BCUT2D eigenvalue weighted by Gasteiger charge is -2.12. The molecular formula is C18H20F2N2O2S.